The molecule has 2 N–H and O–H groups in total. The van der Waals surface area contributed by atoms with Crippen LogP contribution >= 0.6 is 0 Å². The average Bonchev–Trinajstić information content (AvgIpc) is 2.39. The van der Waals surface area contributed by atoms with E-state index in [0.29, 0.717) is 5.56 Å². The number of aliphatic hydroxyl groups excluding tert-OH is 1. The molecule has 0 spiro atoms. The number of amides is 1. The van der Waals surface area contributed by atoms with Gasteiger partial charge in [0, 0.05) is 12.7 Å². The van der Waals surface area contributed by atoms with Crippen LogP contribution in [0.3, 0.4) is 0 Å². The minimum absolute atomic E-state index is 0.276. The fourth-order valence-electron chi connectivity index (χ4n) is 1.30. The fraction of sp³-hybridized carbons (Fsp3) is 0.385. The second kappa shape index (κ2) is 8.25. The molecule has 1 rings (SSSR count). The Bertz CT molecular complexity index is 404. The number of methoxy groups -OCH3 is 1. The van der Waals surface area contributed by atoms with Crippen molar-refractivity contribution in [1.82, 2.24) is 5.32 Å². The smallest absolute Gasteiger partial charge is 0.328 e. The maximum absolute atomic E-state index is 11.7. The quantitative estimate of drug-likeness (QED) is 0.785. The molecule has 0 fully saturated rings. The maximum atomic E-state index is 11.7. The summed E-state index contributed by atoms with van der Waals surface area (Å²) in [4.78, 5) is 22.8. The zero-order valence-corrected chi connectivity index (χ0v) is 11.1. The van der Waals surface area contributed by atoms with Crippen molar-refractivity contribution in [3.8, 4) is 0 Å². The van der Waals surface area contributed by atoms with Gasteiger partial charge in [-0.25, -0.2) is 4.79 Å². The number of aliphatic hydroxyl groups is 1. The van der Waals surface area contributed by atoms with Crippen LogP contribution in [-0.2, 0) is 9.53 Å². The highest BCUT2D eigenvalue weighted by Gasteiger charge is 2.16. The lowest BCUT2D eigenvalue weighted by molar-refractivity contribution is -0.142. The molecule has 0 saturated heterocycles. The Morgan fingerprint density at radius 1 is 1.33 bits per heavy atom. The Morgan fingerprint density at radius 3 is 2.44 bits per heavy atom. The first-order valence-electron chi connectivity index (χ1n) is 5.44. The van der Waals surface area contributed by atoms with E-state index in [1.165, 1.54) is 7.11 Å². The standard InChI is InChI=1S/C12H15NO3.CH4O/c1-8-5-4-6-10(7-8)11(14)13-9(2)12(15)16-3;1-2/h4-7,9H,1-3H3,(H,13,14);2H,1H3/t9-;/m0./s1. The number of esters is 1. The van der Waals surface area contributed by atoms with Crippen molar-refractivity contribution in [2.24, 2.45) is 0 Å². The Morgan fingerprint density at radius 2 is 1.94 bits per heavy atom. The minimum Gasteiger partial charge on any atom is -0.467 e. The predicted molar refractivity (Wildman–Crippen MR) is 68.3 cm³/mol. The summed E-state index contributed by atoms with van der Waals surface area (Å²) in [5.41, 5.74) is 1.54. The molecular weight excluding hydrogens is 234 g/mol. The zero-order chi connectivity index (χ0) is 14.1. The average molecular weight is 253 g/mol. The number of nitrogens with one attached hydrogen (secondary N) is 1. The first-order valence-corrected chi connectivity index (χ1v) is 5.44. The summed E-state index contributed by atoms with van der Waals surface area (Å²) < 4.78 is 4.52. The van der Waals surface area contributed by atoms with Gasteiger partial charge in [-0.05, 0) is 26.0 Å². The van der Waals surface area contributed by atoms with Gasteiger partial charge in [-0.1, -0.05) is 17.7 Å². The summed E-state index contributed by atoms with van der Waals surface area (Å²) in [6, 6.07) is 6.53. The van der Waals surface area contributed by atoms with E-state index >= 15 is 0 Å². The van der Waals surface area contributed by atoms with Crippen molar-refractivity contribution >= 4 is 11.9 Å². The molecule has 1 atom stereocenters. The van der Waals surface area contributed by atoms with Gasteiger partial charge in [0.05, 0.1) is 7.11 Å². The summed E-state index contributed by atoms with van der Waals surface area (Å²) >= 11 is 0. The van der Waals surface area contributed by atoms with E-state index < -0.39 is 12.0 Å². The first kappa shape index (κ1) is 16.1. The second-order valence-electron chi connectivity index (χ2n) is 3.59. The number of ether oxygens (including phenoxy) is 1. The third-order valence-electron chi connectivity index (χ3n) is 2.18. The lowest BCUT2D eigenvalue weighted by Crippen LogP contribution is -2.39. The molecule has 1 aromatic rings. The normalized spacial score (nSPS) is 10.7. The molecule has 5 nitrogen and oxygen atoms in total. The fourth-order valence-corrected chi connectivity index (χ4v) is 1.30. The highest BCUT2D eigenvalue weighted by atomic mass is 16.5. The number of carbonyl (C=O) groups is 2. The van der Waals surface area contributed by atoms with E-state index in [9.17, 15) is 9.59 Å². The summed E-state index contributed by atoms with van der Waals surface area (Å²) in [7, 11) is 2.29. The van der Waals surface area contributed by atoms with Crippen LogP contribution in [0.4, 0.5) is 0 Å². The molecule has 0 saturated carbocycles. The zero-order valence-electron chi connectivity index (χ0n) is 11.1. The van der Waals surface area contributed by atoms with Crippen LogP contribution in [0.25, 0.3) is 0 Å². The van der Waals surface area contributed by atoms with Crippen LogP contribution in [0, 0.1) is 6.92 Å². The molecule has 0 radical (unpaired) electrons. The van der Waals surface area contributed by atoms with Gasteiger partial charge in [0.15, 0.2) is 0 Å². The Kier molecular flexibility index (Phi) is 7.38. The Hall–Kier alpha value is -1.88. The second-order valence-corrected chi connectivity index (χ2v) is 3.59. The van der Waals surface area contributed by atoms with Crippen LogP contribution in [0.15, 0.2) is 24.3 Å². The molecule has 0 bridgehead atoms. The summed E-state index contributed by atoms with van der Waals surface area (Å²) in [6.45, 7) is 3.49. The molecule has 5 heteroatoms. The highest BCUT2D eigenvalue weighted by Crippen LogP contribution is 2.04. The topological polar surface area (TPSA) is 75.6 Å². The largest absolute Gasteiger partial charge is 0.467 e. The van der Waals surface area contributed by atoms with Crippen molar-refractivity contribution in [2.45, 2.75) is 19.9 Å². The van der Waals surface area contributed by atoms with Gasteiger partial charge in [0.1, 0.15) is 6.04 Å². The van der Waals surface area contributed by atoms with E-state index in [4.69, 9.17) is 5.11 Å². The number of aryl methyl sites for hydroxylation is 1. The number of hydrogen-bond donors (Lipinski definition) is 2. The number of hydrogen-bond acceptors (Lipinski definition) is 4. The highest BCUT2D eigenvalue weighted by molar-refractivity contribution is 5.96. The van der Waals surface area contributed by atoms with E-state index in [-0.39, 0.29) is 5.91 Å². The van der Waals surface area contributed by atoms with Gasteiger partial charge in [-0.2, -0.15) is 0 Å². The van der Waals surface area contributed by atoms with Gasteiger partial charge < -0.3 is 15.2 Å². The lowest BCUT2D eigenvalue weighted by atomic mass is 10.1. The third-order valence-corrected chi connectivity index (χ3v) is 2.18. The van der Waals surface area contributed by atoms with Gasteiger partial charge in [-0.15, -0.1) is 0 Å². The van der Waals surface area contributed by atoms with E-state index in [1.54, 1.807) is 25.1 Å². The molecule has 0 unspecified atom stereocenters. The molecule has 18 heavy (non-hydrogen) atoms. The molecule has 0 heterocycles. The number of benzene rings is 1. The van der Waals surface area contributed by atoms with Crippen molar-refractivity contribution in [2.75, 3.05) is 14.2 Å². The molecule has 0 aliphatic heterocycles. The van der Waals surface area contributed by atoms with Gasteiger partial charge in [-0.3, -0.25) is 4.79 Å². The Labute approximate surface area is 107 Å². The summed E-state index contributed by atoms with van der Waals surface area (Å²) in [5, 5.41) is 9.56. The third kappa shape index (κ3) is 4.97. The van der Waals surface area contributed by atoms with E-state index in [1.807, 2.05) is 13.0 Å². The molecule has 100 valence electrons. The predicted octanol–water partition coefficient (Wildman–Crippen LogP) is 0.895. The first-order chi connectivity index (χ1) is 8.54. The van der Waals surface area contributed by atoms with Crippen LogP contribution in [-0.4, -0.2) is 37.2 Å². The minimum atomic E-state index is -0.641. The molecule has 0 aliphatic rings. The van der Waals surface area contributed by atoms with Crippen molar-refractivity contribution in [3.05, 3.63) is 35.4 Å². The molecule has 1 aromatic carbocycles. The molecular formula is C13H19NO4. The van der Waals surface area contributed by atoms with E-state index in [0.717, 1.165) is 12.7 Å². The van der Waals surface area contributed by atoms with Crippen molar-refractivity contribution in [3.63, 3.8) is 0 Å². The van der Waals surface area contributed by atoms with Gasteiger partial charge in [0.25, 0.3) is 5.91 Å². The van der Waals surface area contributed by atoms with Crippen molar-refractivity contribution < 1.29 is 19.4 Å². The van der Waals surface area contributed by atoms with Crippen LogP contribution in [0.1, 0.15) is 22.8 Å². The van der Waals surface area contributed by atoms with Crippen LogP contribution < -0.4 is 5.32 Å². The molecule has 0 aliphatic carbocycles. The molecule has 0 aromatic heterocycles. The van der Waals surface area contributed by atoms with Gasteiger partial charge >= 0.3 is 5.97 Å². The Balaban J connectivity index is 0.00000137. The number of carbonyl (C=O) groups excluding carboxylic acids is 2. The van der Waals surface area contributed by atoms with Crippen molar-refractivity contribution in [1.29, 1.82) is 0 Å². The summed E-state index contributed by atoms with van der Waals surface area (Å²) in [6.07, 6.45) is 0. The maximum Gasteiger partial charge on any atom is 0.328 e. The van der Waals surface area contributed by atoms with E-state index in [2.05, 4.69) is 10.1 Å². The van der Waals surface area contributed by atoms with Crippen LogP contribution in [0.2, 0.25) is 0 Å². The number of rotatable bonds is 3. The van der Waals surface area contributed by atoms with Gasteiger partial charge in [0.2, 0.25) is 0 Å². The monoisotopic (exact) mass is 253 g/mol. The SMILES string of the molecule is CO.COC(=O)[C@H](C)NC(=O)c1cccc(C)c1. The van der Waals surface area contributed by atoms with Crippen LogP contribution in [0.5, 0.6) is 0 Å². The lowest BCUT2D eigenvalue weighted by Gasteiger charge is -2.11. The molecule has 1 amide bonds. The summed E-state index contributed by atoms with van der Waals surface area (Å²) in [5.74, 6) is -0.734.